The summed E-state index contributed by atoms with van der Waals surface area (Å²) in [5, 5.41) is 2.87. The van der Waals surface area contributed by atoms with Crippen LogP contribution in [0, 0.1) is 12.7 Å². The number of benzene rings is 2. The van der Waals surface area contributed by atoms with Gasteiger partial charge in [0.05, 0.1) is 19.8 Å². The fraction of sp³-hybridized carbons (Fsp3) is 0.350. The molecule has 0 unspecified atom stereocenters. The Hall–Kier alpha value is -2.56. The lowest BCUT2D eigenvalue weighted by Crippen LogP contribution is -2.26. The molecule has 1 N–H and O–H groups in total. The summed E-state index contributed by atoms with van der Waals surface area (Å²) in [5.74, 6) is 0.474. The Kier molecular flexibility index (Phi) is 6.81. The molecule has 25 heavy (non-hydrogen) atoms. The molecular weight excluding hydrogens is 321 g/mol. The number of hydrogen-bond acceptors (Lipinski definition) is 3. The van der Waals surface area contributed by atoms with Crippen molar-refractivity contribution in [2.75, 3.05) is 13.7 Å². The lowest BCUT2D eigenvalue weighted by molar-refractivity contribution is -0.121. The molecule has 1 amide bonds. The standard InChI is InChI=1S/C20H24FNO3/c1-14-6-4-7-17(12-14)25-11-5-8-20(23)22-15(2)16-9-10-19(24-3)18(21)13-16/h4,6-7,9-10,12-13,15H,5,8,11H2,1-3H3,(H,22,23)/t15-/m1/s1. The van der Waals surface area contributed by atoms with Crippen molar-refractivity contribution >= 4 is 5.91 Å². The summed E-state index contributed by atoms with van der Waals surface area (Å²) in [5.41, 5.74) is 1.83. The van der Waals surface area contributed by atoms with E-state index in [1.165, 1.54) is 13.2 Å². The van der Waals surface area contributed by atoms with Crippen molar-refractivity contribution in [3.8, 4) is 11.5 Å². The molecule has 0 fully saturated rings. The third-order valence-corrected chi connectivity index (χ3v) is 3.86. The summed E-state index contributed by atoms with van der Waals surface area (Å²) in [6, 6.07) is 12.2. The Morgan fingerprint density at radius 2 is 2.04 bits per heavy atom. The van der Waals surface area contributed by atoms with E-state index in [4.69, 9.17) is 9.47 Å². The Bertz CT molecular complexity index is 718. The first-order valence-electron chi connectivity index (χ1n) is 8.32. The molecule has 0 spiro atoms. The first-order chi connectivity index (χ1) is 12.0. The zero-order valence-corrected chi connectivity index (χ0v) is 14.8. The van der Waals surface area contributed by atoms with E-state index in [1.54, 1.807) is 12.1 Å². The molecular formula is C20H24FNO3. The van der Waals surface area contributed by atoms with Crippen molar-refractivity contribution in [1.29, 1.82) is 0 Å². The predicted molar refractivity (Wildman–Crippen MR) is 95.4 cm³/mol. The van der Waals surface area contributed by atoms with Crippen LogP contribution < -0.4 is 14.8 Å². The van der Waals surface area contributed by atoms with Crippen LogP contribution >= 0.6 is 0 Å². The van der Waals surface area contributed by atoms with Crippen molar-refractivity contribution in [2.24, 2.45) is 0 Å². The molecule has 0 aliphatic carbocycles. The molecule has 4 nitrogen and oxygen atoms in total. The molecule has 0 saturated carbocycles. The van der Waals surface area contributed by atoms with Crippen molar-refractivity contribution in [3.63, 3.8) is 0 Å². The minimum atomic E-state index is -0.437. The Morgan fingerprint density at radius 3 is 2.72 bits per heavy atom. The smallest absolute Gasteiger partial charge is 0.220 e. The van der Waals surface area contributed by atoms with E-state index in [-0.39, 0.29) is 17.7 Å². The number of nitrogens with one attached hydrogen (secondary N) is 1. The molecule has 0 heterocycles. The van der Waals surface area contributed by atoms with Gasteiger partial charge in [-0.3, -0.25) is 4.79 Å². The lowest BCUT2D eigenvalue weighted by Gasteiger charge is -2.15. The number of amides is 1. The third kappa shape index (κ3) is 5.78. The minimum Gasteiger partial charge on any atom is -0.494 e. The van der Waals surface area contributed by atoms with E-state index in [0.717, 1.165) is 11.3 Å². The second-order valence-electron chi connectivity index (χ2n) is 5.95. The first-order valence-corrected chi connectivity index (χ1v) is 8.32. The molecule has 5 heteroatoms. The summed E-state index contributed by atoms with van der Waals surface area (Å²) in [6.45, 7) is 4.30. The molecule has 134 valence electrons. The van der Waals surface area contributed by atoms with Gasteiger partial charge in [0.15, 0.2) is 11.6 Å². The number of rotatable bonds is 8. The van der Waals surface area contributed by atoms with Crippen LogP contribution in [-0.2, 0) is 4.79 Å². The van der Waals surface area contributed by atoms with Gasteiger partial charge in [0.2, 0.25) is 5.91 Å². The fourth-order valence-electron chi connectivity index (χ4n) is 2.48. The third-order valence-electron chi connectivity index (χ3n) is 3.86. The number of aryl methyl sites for hydroxylation is 1. The van der Waals surface area contributed by atoms with Gasteiger partial charge in [-0.15, -0.1) is 0 Å². The van der Waals surface area contributed by atoms with Gasteiger partial charge in [0.1, 0.15) is 5.75 Å². The maximum absolute atomic E-state index is 13.7. The average molecular weight is 345 g/mol. The van der Waals surface area contributed by atoms with Crippen LogP contribution in [0.3, 0.4) is 0 Å². The summed E-state index contributed by atoms with van der Waals surface area (Å²) >= 11 is 0. The van der Waals surface area contributed by atoms with Crippen LogP contribution in [0.2, 0.25) is 0 Å². The van der Waals surface area contributed by atoms with Gasteiger partial charge in [-0.1, -0.05) is 18.2 Å². The topological polar surface area (TPSA) is 47.6 Å². The van der Waals surface area contributed by atoms with Crippen LogP contribution in [0.4, 0.5) is 4.39 Å². The molecule has 0 aromatic heterocycles. The number of carbonyl (C=O) groups excluding carboxylic acids is 1. The Labute approximate surface area is 148 Å². The molecule has 2 aromatic rings. The highest BCUT2D eigenvalue weighted by atomic mass is 19.1. The van der Waals surface area contributed by atoms with Gasteiger partial charge in [-0.25, -0.2) is 4.39 Å². The highest BCUT2D eigenvalue weighted by molar-refractivity contribution is 5.76. The molecule has 0 bridgehead atoms. The maximum Gasteiger partial charge on any atom is 0.220 e. The fourth-order valence-corrected chi connectivity index (χ4v) is 2.48. The largest absolute Gasteiger partial charge is 0.494 e. The number of hydrogen-bond donors (Lipinski definition) is 1. The van der Waals surface area contributed by atoms with Gasteiger partial charge in [-0.05, 0) is 55.7 Å². The molecule has 0 aliphatic heterocycles. The highest BCUT2D eigenvalue weighted by Gasteiger charge is 2.12. The van der Waals surface area contributed by atoms with Crippen molar-refractivity contribution in [1.82, 2.24) is 5.32 Å². The molecule has 0 saturated heterocycles. The van der Waals surface area contributed by atoms with Crippen molar-refractivity contribution in [2.45, 2.75) is 32.7 Å². The van der Waals surface area contributed by atoms with Gasteiger partial charge in [0.25, 0.3) is 0 Å². The zero-order chi connectivity index (χ0) is 18.2. The minimum absolute atomic E-state index is 0.0865. The average Bonchev–Trinajstić information content (AvgIpc) is 2.58. The second-order valence-corrected chi connectivity index (χ2v) is 5.95. The number of methoxy groups -OCH3 is 1. The summed E-state index contributed by atoms with van der Waals surface area (Å²) < 4.78 is 24.3. The van der Waals surface area contributed by atoms with E-state index >= 15 is 0 Å². The van der Waals surface area contributed by atoms with Gasteiger partial charge in [0, 0.05) is 6.42 Å². The van der Waals surface area contributed by atoms with Gasteiger partial charge in [-0.2, -0.15) is 0 Å². The number of ether oxygens (including phenoxy) is 2. The number of carbonyl (C=O) groups is 1. The Morgan fingerprint density at radius 1 is 1.24 bits per heavy atom. The molecule has 0 radical (unpaired) electrons. The maximum atomic E-state index is 13.7. The quantitative estimate of drug-likeness (QED) is 0.730. The zero-order valence-electron chi connectivity index (χ0n) is 14.8. The van der Waals surface area contributed by atoms with Gasteiger partial charge >= 0.3 is 0 Å². The van der Waals surface area contributed by atoms with Crippen LogP contribution in [0.1, 0.15) is 36.9 Å². The van der Waals surface area contributed by atoms with Crippen LogP contribution in [0.25, 0.3) is 0 Å². The SMILES string of the molecule is COc1ccc([C@@H](C)NC(=O)CCCOc2cccc(C)c2)cc1F. The Balaban J connectivity index is 1.75. The lowest BCUT2D eigenvalue weighted by atomic mass is 10.1. The number of halogens is 1. The van der Waals surface area contributed by atoms with Crippen LogP contribution in [0.15, 0.2) is 42.5 Å². The van der Waals surface area contributed by atoms with Crippen molar-refractivity contribution in [3.05, 3.63) is 59.4 Å². The summed E-state index contributed by atoms with van der Waals surface area (Å²) in [7, 11) is 1.42. The monoisotopic (exact) mass is 345 g/mol. The molecule has 2 aromatic carbocycles. The van der Waals surface area contributed by atoms with E-state index in [9.17, 15) is 9.18 Å². The summed E-state index contributed by atoms with van der Waals surface area (Å²) in [4.78, 5) is 12.0. The highest BCUT2D eigenvalue weighted by Crippen LogP contribution is 2.21. The first kappa shape index (κ1) is 18.8. The van der Waals surface area contributed by atoms with Crippen LogP contribution in [-0.4, -0.2) is 19.6 Å². The van der Waals surface area contributed by atoms with Gasteiger partial charge < -0.3 is 14.8 Å². The normalized spacial score (nSPS) is 11.7. The van der Waals surface area contributed by atoms with E-state index in [1.807, 2.05) is 38.1 Å². The van der Waals surface area contributed by atoms with E-state index in [2.05, 4.69) is 5.32 Å². The van der Waals surface area contributed by atoms with E-state index < -0.39 is 5.82 Å². The molecule has 0 aliphatic rings. The van der Waals surface area contributed by atoms with Crippen molar-refractivity contribution < 1.29 is 18.7 Å². The van der Waals surface area contributed by atoms with Crippen LogP contribution in [0.5, 0.6) is 11.5 Å². The van der Waals surface area contributed by atoms with E-state index in [0.29, 0.717) is 25.0 Å². The second kappa shape index (κ2) is 9.06. The molecule has 2 rings (SSSR count). The predicted octanol–water partition coefficient (Wildman–Crippen LogP) is 4.18. The summed E-state index contributed by atoms with van der Waals surface area (Å²) in [6.07, 6.45) is 0.970. The molecule has 1 atom stereocenters.